The number of hydrogen-bond acceptors (Lipinski definition) is 2. The number of carbonyl (C=O) groups excluding carboxylic acids is 1. The molecule has 1 heterocycles. The van der Waals surface area contributed by atoms with Crippen molar-refractivity contribution in [3.63, 3.8) is 0 Å². The van der Waals surface area contributed by atoms with Crippen molar-refractivity contribution in [3.8, 4) is 0 Å². The van der Waals surface area contributed by atoms with Crippen LogP contribution in [0.4, 0.5) is 0 Å². The Hall–Kier alpha value is -0.370. The zero-order valence-electron chi connectivity index (χ0n) is 7.54. The van der Waals surface area contributed by atoms with Gasteiger partial charge in [-0.3, -0.25) is 4.90 Å². The Morgan fingerprint density at radius 1 is 1.25 bits per heavy atom. The van der Waals surface area contributed by atoms with E-state index in [0.29, 0.717) is 6.04 Å². The van der Waals surface area contributed by atoms with Gasteiger partial charge in [-0.1, -0.05) is 6.42 Å². The van der Waals surface area contributed by atoms with Crippen LogP contribution in [0.5, 0.6) is 0 Å². The van der Waals surface area contributed by atoms with Gasteiger partial charge >= 0.3 is 0 Å². The van der Waals surface area contributed by atoms with E-state index in [1.54, 1.807) is 0 Å². The molecule has 1 aliphatic heterocycles. The molecule has 0 aromatic rings. The molecule has 1 saturated heterocycles. The van der Waals surface area contributed by atoms with Gasteiger partial charge < -0.3 is 4.79 Å². The zero-order valence-corrected chi connectivity index (χ0v) is 7.54. The van der Waals surface area contributed by atoms with Crippen LogP contribution in [-0.2, 0) is 4.79 Å². The zero-order chi connectivity index (χ0) is 8.39. The van der Waals surface area contributed by atoms with Crippen LogP contribution in [-0.4, -0.2) is 29.8 Å². The van der Waals surface area contributed by atoms with Crippen molar-refractivity contribution in [2.24, 2.45) is 0 Å². The van der Waals surface area contributed by atoms with Crippen molar-refractivity contribution in [3.05, 3.63) is 0 Å². The Bertz CT molecular complexity index is 165. The number of carbonyl (C=O) groups is 1. The molecule has 2 aliphatic rings. The van der Waals surface area contributed by atoms with E-state index in [-0.39, 0.29) is 0 Å². The average molecular weight is 167 g/mol. The first kappa shape index (κ1) is 8.24. The molecule has 0 amide bonds. The van der Waals surface area contributed by atoms with E-state index < -0.39 is 0 Å². The van der Waals surface area contributed by atoms with E-state index in [9.17, 15) is 4.79 Å². The van der Waals surface area contributed by atoms with Crippen LogP contribution in [0, 0.1) is 0 Å². The number of rotatable bonds is 3. The number of likely N-dealkylation sites (tertiary alicyclic amines) is 1. The molecule has 2 nitrogen and oxygen atoms in total. The molecular formula is C10H17NO. The monoisotopic (exact) mass is 167 g/mol. The van der Waals surface area contributed by atoms with Gasteiger partial charge in [0.15, 0.2) is 0 Å². The number of hydrogen-bond donors (Lipinski definition) is 0. The van der Waals surface area contributed by atoms with Crippen molar-refractivity contribution in [2.45, 2.75) is 50.6 Å². The standard InChI is InChI=1S/C10H17NO/c12-8-6-9-3-1-2-7-11(9)10-4-5-10/h8-10H,1-7H2. The van der Waals surface area contributed by atoms with Gasteiger partial charge in [-0.05, 0) is 32.2 Å². The summed E-state index contributed by atoms with van der Waals surface area (Å²) >= 11 is 0. The highest BCUT2D eigenvalue weighted by Gasteiger charge is 2.34. The molecule has 1 saturated carbocycles. The lowest BCUT2D eigenvalue weighted by atomic mass is 10.00. The molecular weight excluding hydrogens is 150 g/mol. The summed E-state index contributed by atoms with van der Waals surface area (Å²) < 4.78 is 0. The average Bonchev–Trinajstić information content (AvgIpc) is 2.89. The van der Waals surface area contributed by atoms with Crippen molar-refractivity contribution in [2.75, 3.05) is 6.54 Å². The van der Waals surface area contributed by atoms with E-state index in [1.165, 1.54) is 38.6 Å². The number of aldehydes is 1. The lowest BCUT2D eigenvalue weighted by Gasteiger charge is -2.34. The third-order valence-electron chi connectivity index (χ3n) is 3.06. The summed E-state index contributed by atoms with van der Waals surface area (Å²) in [6.45, 7) is 1.24. The first-order chi connectivity index (χ1) is 5.92. The second-order valence-corrected chi connectivity index (χ2v) is 4.02. The fourth-order valence-electron chi connectivity index (χ4n) is 2.27. The maximum atomic E-state index is 10.4. The van der Waals surface area contributed by atoms with Crippen LogP contribution in [0.2, 0.25) is 0 Å². The Morgan fingerprint density at radius 2 is 2.08 bits per heavy atom. The van der Waals surface area contributed by atoms with Crippen molar-refractivity contribution >= 4 is 6.29 Å². The summed E-state index contributed by atoms with van der Waals surface area (Å²) in [6, 6.07) is 1.43. The minimum absolute atomic E-state index is 0.587. The lowest BCUT2D eigenvalue weighted by Crippen LogP contribution is -2.41. The summed E-state index contributed by atoms with van der Waals surface area (Å²) in [7, 11) is 0. The largest absolute Gasteiger partial charge is 0.303 e. The highest BCUT2D eigenvalue weighted by molar-refractivity contribution is 5.50. The Kier molecular flexibility index (Phi) is 2.45. The van der Waals surface area contributed by atoms with Crippen molar-refractivity contribution in [1.82, 2.24) is 4.90 Å². The van der Waals surface area contributed by atoms with Crippen LogP contribution >= 0.6 is 0 Å². The molecule has 12 heavy (non-hydrogen) atoms. The molecule has 0 aromatic heterocycles. The van der Waals surface area contributed by atoms with Gasteiger partial charge in [0.2, 0.25) is 0 Å². The molecule has 68 valence electrons. The third kappa shape index (κ3) is 1.69. The Balaban J connectivity index is 1.91. The van der Waals surface area contributed by atoms with E-state index in [2.05, 4.69) is 4.90 Å². The predicted molar refractivity (Wildman–Crippen MR) is 48.0 cm³/mol. The minimum Gasteiger partial charge on any atom is -0.303 e. The third-order valence-corrected chi connectivity index (χ3v) is 3.06. The van der Waals surface area contributed by atoms with Crippen molar-refractivity contribution < 1.29 is 4.79 Å². The summed E-state index contributed by atoms with van der Waals surface area (Å²) in [5, 5.41) is 0. The quantitative estimate of drug-likeness (QED) is 0.595. The normalized spacial score (nSPS) is 31.8. The summed E-state index contributed by atoms with van der Waals surface area (Å²) in [5.74, 6) is 0. The van der Waals surface area contributed by atoms with Crippen LogP contribution in [0.1, 0.15) is 38.5 Å². The second-order valence-electron chi connectivity index (χ2n) is 4.02. The van der Waals surface area contributed by atoms with E-state index >= 15 is 0 Å². The van der Waals surface area contributed by atoms with E-state index in [4.69, 9.17) is 0 Å². The smallest absolute Gasteiger partial charge is 0.121 e. The minimum atomic E-state index is 0.587. The fourth-order valence-corrected chi connectivity index (χ4v) is 2.27. The van der Waals surface area contributed by atoms with Gasteiger partial charge in [-0.25, -0.2) is 0 Å². The molecule has 2 rings (SSSR count). The van der Waals surface area contributed by atoms with Crippen LogP contribution in [0.15, 0.2) is 0 Å². The maximum absolute atomic E-state index is 10.4. The molecule has 0 bridgehead atoms. The molecule has 0 N–H and O–H groups in total. The molecule has 2 heteroatoms. The summed E-state index contributed by atoms with van der Waals surface area (Å²) in [4.78, 5) is 13.0. The van der Waals surface area contributed by atoms with Crippen LogP contribution < -0.4 is 0 Å². The van der Waals surface area contributed by atoms with Gasteiger partial charge in [0.1, 0.15) is 6.29 Å². The van der Waals surface area contributed by atoms with Crippen LogP contribution in [0.3, 0.4) is 0 Å². The molecule has 1 aliphatic carbocycles. The highest BCUT2D eigenvalue weighted by atomic mass is 16.1. The summed E-state index contributed by atoms with van der Waals surface area (Å²) in [6.07, 6.45) is 8.50. The lowest BCUT2D eigenvalue weighted by molar-refractivity contribution is -0.109. The molecule has 0 spiro atoms. The van der Waals surface area contributed by atoms with Gasteiger partial charge in [0, 0.05) is 18.5 Å². The van der Waals surface area contributed by atoms with Gasteiger partial charge in [0.25, 0.3) is 0 Å². The Morgan fingerprint density at radius 3 is 2.75 bits per heavy atom. The first-order valence-corrected chi connectivity index (χ1v) is 5.11. The second kappa shape index (κ2) is 3.56. The summed E-state index contributed by atoms with van der Waals surface area (Å²) in [5.41, 5.74) is 0. The van der Waals surface area contributed by atoms with Crippen molar-refractivity contribution in [1.29, 1.82) is 0 Å². The van der Waals surface area contributed by atoms with Crippen LogP contribution in [0.25, 0.3) is 0 Å². The van der Waals surface area contributed by atoms with Gasteiger partial charge in [-0.15, -0.1) is 0 Å². The molecule has 1 unspecified atom stereocenters. The predicted octanol–water partition coefficient (Wildman–Crippen LogP) is 1.59. The number of nitrogens with zero attached hydrogens (tertiary/aromatic N) is 1. The van der Waals surface area contributed by atoms with Gasteiger partial charge in [-0.2, -0.15) is 0 Å². The fraction of sp³-hybridized carbons (Fsp3) is 0.900. The molecule has 1 atom stereocenters. The number of piperidine rings is 1. The first-order valence-electron chi connectivity index (χ1n) is 5.11. The molecule has 0 radical (unpaired) electrons. The van der Waals surface area contributed by atoms with E-state index in [0.717, 1.165) is 18.7 Å². The highest BCUT2D eigenvalue weighted by Crippen LogP contribution is 2.33. The van der Waals surface area contributed by atoms with E-state index in [1.807, 2.05) is 0 Å². The molecule has 0 aromatic carbocycles. The molecule has 2 fully saturated rings. The Labute approximate surface area is 73.9 Å². The topological polar surface area (TPSA) is 20.3 Å². The van der Waals surface area contributed by atoms with Gasteiger partial charge in [0.05, 0.1) is 0 Å². The SMILES string of the molecule is O=CCC1CCCCN1C1CC1. The maximum Gasteiger partial charge on any atom is 0.121 e.